The van der Waals surface area contributed by atoms with Gasteiger partial charge >= 0.3 is 0 Å². The quantitative estimate of drug-likeness (QED) is 0.785. The molecule has 0 amide bonds. The second-order valence-corrected chi connectivity index (χ2v) is 4.94. The fourth-order valence-corrected chi connectivity index (χ4v) is 2.22. The van der Waals surface area contributed by atoms with Gasteiger partial charge < -0.3 is 9.88 Å². The maximum atomic E-state index is 13.3. The van der Waals surface area contributed by atoms with Crippen molar-refractivity contribution in [2.24, 2.45) is 0 Å². The topological polar surface area (TPSA) is 29.9 Å². The largest absolute Gasteiger partial charge is 0.381 e. The lowest BCUT2D eigenvalue weighted by molar-refractivity contribution is 0.625. The zero-order valence-electron chi connectivity index (χ0n) is 11.8. The van der Waals surface area contributed by atoms with Gasteiger partial charge in [0, 0.05) is 30.3 Å². The van der Waals surface area contributed by atoms with E-state index in [1.54, 1.807) is 24.7 Å². The average molecular weight is 281 g/mol. The maximum absolute atomic E-state index is 13.3. The predicted molar refractivity (Wildman–Crippen MR) is 82.0 cm³/mol. The second-order valence-electron chi connectivity index (χ2n) is 4.94. The number of rotatable bonds is 4. The third-order valence-corrected chi connectivity index (χ3v) is 3.44. The van der Waals surface area contributed by atoms with Crippen molar-refractivity contribution < 1.29 is 4.39 Å². The first-order valence-electron chi connectivity index (χ1n) is 6.80. The van der Waals surface area contributed by atoms with Crippen LogP contribution in [0.4, 0.5) is 10.1 Å². The Morgan fingerprint density at radius 1 is 1.19 bits per heavy atom. The number of nitrogens with one attached hydrogen (secondary N) is 1. The Bertz CT molecular complexity index is 736. The molecule has 1 heterocycles. The summed E-state index contributed by atoms with van der Waals surface area (Å²) in [6.07, 6.45) is 5.40. The minimum Gasteiger partial charge on any atom is -0.381 e. The summed E-state index contributed by atoms with van der Waals surface area (Å²) in [5.41, 5.74) is 4.07. The van der Waals surface area contributed by atoms with E-state index >= 15 is 0 Å². The van der Waals surface area contributed by atoms with E-state index in [1.807, 2.05) is 42.0 Å². The van der Waals surface area contributed by atoms with Gasteiger partial charge in [0.25, 0.3) is 0 Å². The van der Waals surface area contributed by atoms with E-state index in [0.29, 0.717) is 6.54 Å². The highest BCUT2D eigenvalue weighted by Crippen LogP contribution is 2.17. The molecule has 1 N–H and O–H groups in total. The number of imidazole rings is 1. The molecule has 4 heteroatoms. The van der Waals surface area contributed by atoms with Crippen LogP contribution in [-0.2, 0) is 6.54 Å². The van der Waals surface area contributed by atoms with Crippen molar-refractivity contribution in [1.82, 2.24) is 9.55 Å². The molecule has 0 aliphatic heterocycles. The first-order valence-corrected chi connectivity index (χ1v) is 6.80. The van der Waals surface area contributed by atoms with Gasteiger partial charge in [0.15, 0.2) is 0 Å². The van der Waals surface area contributed by atoms with Gasteiger partial charge in [-0.05, 0) is 48.4 Å². The van der Waals surface area contributed by atoms with Crippen molar-refractivity contribution in [3.8, 4) is 5.69 Å². The number of anilines is 1. The molecule has 0 bridgehead atoms. The fraction of sp³-hybridized carbons (Fsp3) is 0.118. The monoisotopic (exact) mass is 281 g/mol. The van der Waals surface area contributed by atoms with Crippen LogP contribution in [-0.4, -0.2) is 9.55 Å². The number of aromatic nitrogens is 2. The molecule has 0 atom stereocenters. The molecule has 106 valence electrons. The van der Waals surface area contributed by atoms with Gasteiger partial charge in [0.2, 0.25) is 0 Å². The molecule has 0 fully saturated rings. The Labute approximate surface area is 123 Å². The van der Waals surface area contributed by atoms with Crippen molar-refractivity contribution in [2.45, 2.75) is 13.5 Å². The van der Waals surface area contributed by atoms with Gasteiger partial charge in [-0.2, -0.15) is 0 Å². The van der Waals surface area contributed by atoms with Crippen molar-refractivity contribution in [3.05, 3.63) is 78.1 Å². The minimum absolute atomic E-state index is 0.204. The number of hydrogen-bond acceptors (Lipinski definition) is 2. The van der Waals surface area contributed by atoms with Gasteiger partial charge in [-0.1, -0.05) is 12.1 Å². The highest BCUT2D eigenvalue weighted by Gasteiger charge is 2.02. The Kier molecular flexibility index (Phi) is 3.69. The molecule has 0 unspecified atom stereocenters. The summed E-state index contributed by atoms with van der Waals surface area (Å²) in [5.74, 6) is -0.204. The molecular formula is C17H16FN3. The Morgan fingerprint density at radius 2 is 2.10 bits per heavy atom. The molecule has 0 saturated heterocycles. The first kappa shape index (κ1) is 13.4. The number of halogens is 1. The summed E-state index contributed by atoms with van der Waals surface area (Å²) in [5, 5.41) is 3.33. The van der Waals surface area contributed by atoms with Crippen LogP contribution in [0.15, 0.2) is 61.2 Å². The minimum atomic E-state index is -0.204. The molecule has 0 spiro atoms. The van der Waals surface area contributed by atoms with Gasteiger partial charge in [-0.3, -0.25) is 0 Å². The summed E-state index contributed by atoms with van der Waals surface area (Å²) < 4.78 is 15.2. The van der Waals surface area contributed by atoms with E-state index in [-0.39, 0.29) is 5.82 Å². The van der Waals surface area contributed by atoms with Crippen molar-refractivity contribution in [1.29, 1.82) is 0 Å². The third kappa shape index (κ3) is 3.11. The van der Waals surface area contributed by atoms with E-state index in [2.05, 4.69) is 10.3 Å². The van der Waals surface area contributed by atoms with Crippen LogP contribution in [0.3, 0.4) is 0 Å². The average Bonchev–Trinajstić information content (AvgIpc) is 3.03. The van der Waals surface area contributed by atoms with Crippen LogP contribution in [0.25, 0.3) is 5.69 Å². The lowest BCUT2D eigenvalue weighted by atomic mass is 10.1. The van der Waals surface area contributed by atoms with Crippen molar-refractivity contribution in [2.75, 3.05) is 5.32 Å². The molecule has 0 aliphatic rings. The van der Waals surface area contributed by atoms with E-state index in [9.17, 15) is 4.39 Å². The molecule has 3 rings (SSSR count). The molecule has 3 nitrogen and oxygen atoms in total. The third-order valence-electron chi connectivity index (χ3n) is 3.44. The highest BCUT2D eigenvalue weighted by atomic mass is 19.1. The zero-order valence-corrected chi connectivity index (χ0v) is 11.8. The lowest BCUT2D eigenvalue weighted by Gasteiger charge is -2.11. The van der Waals surface area contributed by atoms with E-state index in [4.69, 9.17) is 0 Å². The molecule has 2 aromatic carbocycles. The molecule has 21 heavy (non-hydrogen) atoms. The van der Waals surface area contributed by atoms with Crippen LogP contribution < -0.4 is 5.32 Å². The normalized spacial score (nSPS) is 10.6. The number of nitrogens with zero attached hydrogens (tertiary/aromatic N) is 2. The second kappa shape index (κ2) is 5.79. The lowest BCUT2D eigenvalue weighted by Crippen LogP contribution is -2.02. The summed E-state index contributed by atoms with van der Waals surface area (Å²) in [7, 11) is 0. The van der Waals surface area contributed by atoms with Crippen LogP contribution in [0.5, 0.6) is 0 Å². The molecule has 3 aromatic rings. The number of aryl methyl sites for hydroxylation is 1. The Balaban J connectivity index is 1.76. The molecule has 0 radical (unpaired) electrons. The van der Waals surface area contributed by atoms with E-state index in [1.165, 1.54) is 6.07 Å². The van der Waals surface area contributed by atoms with Crippen molar-refractivity contribution in [3.63, 3.8) is 0 Å². The smallest absolute Gasteiger partial charge is 0.123 e. The van der Waals surface area contributed by atoms with Gasteiger partial charge in [-0.15, -0.1) is 0 Å². The highest BCUT2D eigenvalue weighted by molar-refractivity contribution is 5.51. The summed E-state index contributed by atoms with van der Waals surface area (Å²) in [6, 6.07) is 12.9. The van der Waals surface area contributed by atoms with Gasteiger partial charge in [0.1, 0.15) is 5.82 Å². The molecule has 0 saturated carbocycles. The van der Waals surface area contributed by atoms with Gasteiger partial charge in [-0.25, -0.2) is 9.37 Å². The standard InChI is InChI=1S/C17H16FN3/c1-13-5-6-15(18)9-14(13)11-20-16-3-2-4-17(10-16)21-8-7-19-12-21/h2-10,12,20H,11H2,1H3. The molecular weight excluding hydrogens is 265 g/mol. The SMILES string of the molecule is Cc1ccc(F)cc1CNc1cccc(-n2ccnc2)c1. The number of benzene rings is 2. The maximum Gasteiger partial charge on any atom is 0.123 e. The van der Waals surface area contributed by atoms with Crippen molar-refractivity contribution >= 4 is 5.69 Å². The van der Waals surface area contributed by atoms with E-state index < -0.39 is 0 Å². The Hall–Kier alpha value is -2.62. The van der Waals surface area contributed by atoms with Crippen LogP contribution in [0.2, 0.25) is 0 Å². The first-order chi connectivity index (χ1) is 10.2. The van der Waals surface area contributed by atoms with Crippen LogP contribution in [0.1, 0.15) is 11.1 Å². The summed E-state index contributed by atoms with van der Waals surface area (Å²) in [4.78, 5) is 4.04. The molecule has 0 aliphatic carbocycles. The van der Waals surface area contributed by atoms with E-state index in [0.717, 1.165) is 22.5 Å². The van der Waals surface area contributed by atoms with Gasteiger partial charge in [0.05, 0.1) is 6.33 Å². The number of hydrogen-bond donors (Lipinski definition) is 1. The zero-order chi connectivity index (χ0) is 14.7. The fourth-order valence-electron chi connectivity index (χ4n) is 2.22. The predicted octanol–water partition coefficient (Wildman–Crippen LogP) is 3.93. The Morgan fingerprint density at radius 3 is 2.90 bits per heavy atom. The summed E-state index contributed by atoms with van der Waals surface area (Å²) >= 11 is 0. The van der Waals surface area contributed by atoms with Crippen LogP contribution >= 0.6 is 0 Å². The summed E-state index contributed by atoms with van der Waals surface area (Å²) in [6.45, 7) is 2.58. The van der Waals surface area contributed by atoms with Crippen LogP contribution in [0, 0.1) is 12.7 Å². The molecule has 1 aromatic heterocycles.